The van der Waals surface area contributed by atoms with Crippen molar-refractivity contribution >= 4 is 45.4 Å². The summed E-state index contributed by atoms with van der Waals surface area (Å²) < 4.78 is 2.45. The van der Waals surface area contributed by atoms with E-state index < -0.39 is 8.07 Å². The van der Waals surface area contributed by atoms with Crippen LogP contribution in [0.15, 0.2) is 158 Å². The summed E-state index contributed by atoms with van der Waals surface area (Å²) in [7, 11) is -2.53. The van der Waals surface area contributed by atoms with E-state index in [9.17, 15) is 0 Å². The number of rotatable bonds is 7. The van der Waals surface area contributed by atoms with E-state index in [1.807, 2.05) is 0 Å². The van der Waals surface area contributed by atoms with Crippen molar-refractivity contribution in [3.05, 3.63) is 169 Å². The monoisotopic (exact) mass is 613 g/mol. The molecule has 0 amide bonds. The molecule has 0 aliphatic rings. The van der Waals surface area contributed by atoms with Crippen LogP contribution < -0.4 is 15.6 Å². The third-order valence-corrected chi connectivity index (χ3v) is 15.8. The highest BCUT2D eigenvalue weighted by Gasteiger charge is 2.51. The van der Waals surface area contributed by atoms with Crippen LogP contribution in [0.3, 0.4) is 0 Å². The number of hydrogen-bond donors (Lipinski definition) is 0. The van der Waals surface area contributed by atoms with E-state index in [1.165, 1.54) is 54.2 Å². The molecule has 2 heteroatoms. The van der Waals surface area contributed by atoms with Gasteiger partial charge in [0.2, 0.25) is 0 Å². The highest BCUT2D eigenvalue weighted by molar-refractivity contribution is 7.13. The van der Waals surface area contributed by atoms with Gasteiger partial charge in [0.15, 0.2) is 8.07 Å². The maximum absolute atomic E-state index is 2.53. The quantitative estimate of drug-likeness (QED) is 0.125. The Kier molecular flexibility index (Phi) is 7.57. The number of fused-ring (bicyclic) bond motifs is 3. The molecule has 7 rings (SSSR count). The number of nitrogens with zero attached hydrogens (tertiary/aromatic N) is 1. The Labute approximate surface area is 275 Å². The largest absolute Gasteiger partial charge is 0.309 e. The van der Waals surface area contributed by atoms with Crippen molar-refractivity contribution in [2.24, 2.45) is 0 Å². The normalized spacial score (nSPS) is 12.5. The highest BCUT2D eigenvalue weighted by atomic mass is 28.3. The minimum absolute atomic E-state index is 0.0514. The summed E-state index contributed by atoms with van der Waals surface area (Å²) in [6, 6.07) is 59.1. The molecule has 228 valence electrons. The zero-order valence-corrected chi connectivity index (χ0v) is 28.7. The topological polar surface area (TPSA) is 4.93 Å². The Morgan fingerprint density at radius 1 is 0.478 bits per heavy atom. The van der Waals surface area contributed by atoms with Crippen LogP contribution in [0.25, 0.3) is 27.5 Å². The van der Waals surface area contributed by atoms with Gasteiger partial charge in [-0.25, -0.2) is 0 Å². The number of hydrogen-bond acceptors (Lipinski definition) is 0. The van der Waals surface area contributed by atoms with Crippen molar-refractivity contribution in [2.75, 3.05) is 0 Å². The minimum atomic E-state index is -2.53. The van der Waals surface area contributed by atoms with Gasteiger partial charge >= 0.3 is 0 Å². The minimum Gasteiger partial charge on any atom is -0.309 e. The molecule has 0 spiro atoms. The molecule has 0 N–H and O–H groups in total. The van der Waals surface area contributed by atoms with Gasteiger partial charge in [0.25, 0.3) is 0 Å². The van der Waals surface area contributed by atoms with Gasteiger partial charge in [0, 0.05) is 16.5 Å². The molecular weight excluding hydrogens is 571 g/mol. The molecule has 0 bridgehead atoms. The van der Waals surface area contributed by atoms with Gasteiger partial charge in [-0.3, -0.25) is 0 Å². The molecule has 0 saturated carbocycles. The molecular formula is C44H43NSi. The fourth-order valence-corrected chi connectivity index (χ4v) is 13.8. The van der Waals surface area contributed by atoms with Crippen LogP contribution >= 0.6 is 0 Å². The van der Waals surface area contributed by atoms with Crippen LogP contribution in [-0.2, 0) is 11.8 Å². The molecule has 0 radical (unpaired) electrons. The van der Waals surface area contributed by atoms with Crippen molar-refractivity contribution in [1.82, 2.24) is 4.57 Å². The summed E-state index contributed by atoms with van der Waals surface area (Å²) in [5.74, 6) is 0. The van der Waals surface area contributed by atoms with E-state index in [2.05, 4.69) is 197 Å². The summed E-state index contributed by atoms with van der Waals surface area (Å²) in [6.45, 7) is 11.9. The maximum atomic E-state index is 2.51. The lowest BCUT2D eigenvalue weighted by Gasteiger charge is -2.47. The van der Waals surface area contributed by atoms with Gasteiger partial charge in [0.1, 0.15) is 0 Å². The molecule has 6 aromatic carbocycles. The van der Waals surface area contributed by atoms with Crippen molar-refractivity contribution in [3.63, 3.8) is 0 Å². The van der Waals surface area contributed by atoms with Gasteiger partial charge in [-0.15, -0.1) is 0 Å². The van der Waals surface area contributed by atoms with Gasteiger partial charge in [-0.2, -0.15) is 0 Å². The SMILES string of the molecule is CC(C)(C)c1cccc(-n2c3ccccc3c3cc(CC(C)(C)[Si](c4ccccc4)(c4ccccc4)c4ccccc4)ccc32)c1. The van der Waals surface area contributed by atoms with E-state index >= 15 is 0 Å². The van der Waals surface area contributed by atoms with Crippen LogP contribution in [0.5, 0.6) is 0 Å². The second-order valence-corrected chi connectivity index (χ2v) is 19.0. The molecule has 1 nitrogen and oxygen atoms in total. The number of para-hydroxylation sites is 1. The fourth-order valence-electron chi connectivity index (χ4n) is 7.90. The van der Waals surface area contributed by atoms with Crippen LogP contribution in [0.2, 0.25) is 5.04 Å². The van der Waals surface area contributed by atoms with Crippen LogP contribution in [0, 0.1) is 0 Å². The molecule has 7 aromatic rings. The molecule has 0 aliphatic carbocycles. The van der Waals surface area contributed by atoms with Crippen molar-refractivity contribution in [2.45, 2.75) is 51.5 Å². The predicted octanol–water partition coefficient (Wildman–Crippen LogP) is 9.57. The fraction of sp³-hybridized carbons (Fsp3) is 0.182. The van der Waals surface area contributed by atoms with Gasteiger partial charge in [-0.1, -0.05) is 162 Å². The second kappa shape index (κ2) is 11.6. The predicted molar refractivity (Wildman–Crippen MR) is 201 cm³/mol. The van der Waals surface area contributed by atoms with E-state index in [0.717, 1.165) is 6.42 Å². The first-order valence-electron chi connectivity index (χ1n) is 16.5. The van der Waals surface area contributed by atoms with Crippen molar-refractivity contribution < 1.29 is 0 Å². The molecule has 0 aliphatic heterocycles. The molecule has 1 aromatic heterocycles. The standard InChI is InChI=1S/C44H43NSi/c1-43(2,3)34-18-17-19-35(31-34)45-41-27-16-15-26-39(41)40-30-33(28-29-42(40)45)32-44(4,5)46(36-20-9-6-10-21-36,37-22-11-7-12-23-37)38-24-13-8-14-25-38/h6-31H,32H2,1-5H3. The van der Waals surface area contributed by atoms with Crippen LogP contribution in [0.4, 0.5) is 0 Å². The van der Waals surface area contributed by atoms with E-state index in [1.54, 1.807) is 0 Å². The van der Waals surface area contributed by atoms with E-state index in [4.69, 9.17) is 0 Å². The molecule has 1 heterocycles. The summed E-state index contributed by atoms with van der Waals surface area (Å²) >= 11 is 0. The Morgan fingerprint density at radius 3 is 1.57 bits per heavy atom. The Bertz CT molecular complexity index is 2020. The highest BCUT2D eigenvalue weighted by Crippen LogP contribution is 2.42. The number of aromatic nitrogens is 1. The van der Waals surface area contributed by atoms with Gasteiger partial charge in [0.05, 0.1) is 11.0 Å². The first-order valence-corrected chi connectivity index (χ1v) is 18.5. The zero-order valence-electron chi connectivity index (χ0n) is 27.7. The Balaban J connectivity index is 1.42. The second-order valence-electron chi connectivity index (χ2n) is 14.4. The third-order valence-electron chi connectivity index (χ3n) is 9.99. The summed E-state index contributed by atoms with van der Waals surface area (Å²) in [5.41, 5.74) is 6.53. The average Bonchev–Trinajstić information content (AvgIpc) is 3.40. The Morgan fingerprint density at radius 2 is 1.00 bits per heavy atom. The molecule has 0 fully saturated rings. The summed E-state index contributed by atoms with van der Waals surface area (Å²) in [5, 5.41) is 6.92. The van der Waals surface area contributed by atoms with Gasteiger partial charge in [-0.05, 0) is 73.9 Å². The summed E-state index contributed by atoms with van der Waals surface area (Å²) in [6.07, 6.45) is 0.965. The van der Waals surface area contributed by atoms with Gasteiger partial charge < -0.3 is 4.57 Å². The average molecular weight is 614 g/mol. The van der Waals surface area contributed by atoms with E-state index in [0.29, 0.717) is 0 Å². The molecule has 0 unspecified atom stereocenters. The van der Waals surface area contributed by atoms with Crippen LogP contribution in [0.1, 0.15) is 45.7 Å². The molecule has 0 atom stereocenters. The van der Waals surface area contributed by atoms with E-state index in [-0.39, 0.29) is 10.5 Å². The van der Waals surface area contributed by atoms with Crippen molar-refractivity contribution in [3.8, 4) is 5.69 Å². The lowest BCUT2D eigenvalue weighted by Crippen LogP contribution is -2.73. The van der Waals surface area contributed by atoms with Crippen LogP contribution in [-0.4, -0.2) is 12.6 Å². The molecule has 0 saturated heterocycles. The maximum Gasteiger partial charge on any atom is 0.154 e. The smallest absolute Gasteiger partial charge is 0.154 e. The molecule has 46 heavy (non-hydrogen) atoms. The lowest BCUT2D eigenvalue weighted by atomic mass is 9.87. The zero-order chi connectivity index (χ0) is 31.9. The van der Waals surface area contributed by atoms with Crippen molar-refractivity contribution in [1.29, 1.82) is 0 Å². The summed E-state index contributed by atoms with van der Waals surface area (Å²) in [4.78, 5) is 0. The number of benzene rings is 6. The third kappa shape index (κ3) is 5.02. The first-order chi connectivity index (χ1) is 22.2. The Hall–Kier alpha value is -4.66. The lowest BCUT2D eigenvalue weighted by molar-refractivity contribution is 0.590. The first kappa shape index (κ1) is 30.0.